The van der Waals surface area contributed by atoms with Crippen molar-refractivity contribution in [1.82, 2.24) is 9.55 Å². The van der Waals surface area contributed by atoms with Crippen LogP contribution >= 0.6 is 0 Å². The second-order valence-corrected chi connectivity index (χ2v) is 4.82. The van der Waals surface area contributed by atoms with Gasteiger partial charge >= 0.3 is 0 Å². The molecule has 0 saturated heterocycles. The van der Waals surface area contributed by atoms with Crippen LogP contribution < -0.4 is 16.6 Å². The molecule has 0 radical (unpaired) electrons. The summed E-state index contributed by atoms with van der Waals surface area (Å²) in [5.74, 6) is 0.409. The van der Waals surface area contributed by atoms with Crippen molar-refractivity contribution in [2.75, 3.05) is 11.1 Å². The van der Waals surface area contributed by atoms with Gasteiger partial charge in [0.15, 0.2) is 0 Å². The van der Waals surface area contributed by atoms with Gasteiger partial charge in [0.25, 0.3) is 5.56 Å². The number of nitrogens with zero attached hydrogens (tertiary/aromatic N) is 2. The molecule has 0 spiro atoms. The molecule has 0 aliphatic carbocycles. The molecule has 2 rings (SSSR count). The predicted octanol–water partition coefficient (Wildman–Crippen LogP) is 1.47. The molecule has 1 amide bonds. The molecule has 0 saturated carbocycles. The number of carbonyl (C=O) groups is 1. The quantitative estimate of drug-likeness (QED) is 0.833. The smallest absolute Gasteiger partial charge is 0.253 e. The molecule has 6 nitrogen and oxygen atoms in total. The number of para-hydroxylation sites is 2. The fourth-order valence-electron chi connectivity index (χ4n) is 2.07. The van der Waals surface area contributed by atoms with Gasteiger partial charge in [-0.15, -0.1) is 0 Å². The van der Waals surface area contributed by atoms with E-state index in [1.54, 1.807) is 38.1 Å². The van der Waals surface area contributed by atoms with E-state index in [0.29, 0.717) is 22.9 Å². The van der Waals surface area contributed by atoms with E-state index in [0.717, 1.165) is 0 Å². The fraction of sp³-hybridized carbons (Fsp3) is 0.267. The maximum Gasteiger partial charge on any atom is 0.253 e. The van der Waals surface area contributed by atoms with Crippen LogP contribution in [0.1, 0.15) is 17.9 Å². The van der Waals surface area contributed by atoms with E-state index in [1.807, 2.05) is 0 Å². The minimum atomic E-state index is -0.195. The van der Waals surface area contributed by atoms with Crippen LogP contribution in [0.3, 0.4) is 0 Å². The SMILES string of the molecule is Cc1cc(=O)n(CCC(=O)Nc2ccccc2N)c(C)n1. The molecule has 0 atom stereocenters. The third kappa shape index (κ3) is 3.68. The lowest BCUT2D eigenvalue weighted by atomic mass is 10.2. The Morgan fingerprint density at radius 3 is 2.71 bits per heavy atom. The molecule has 0 fully saturated rings. The van der Waals surface area contributed by atoms with E-state index in [1.165, 1.54) is 10.6 Å². The van der Waals surface area contributed by atoms with Gasteiger partial charge in [0.2, 0.25) is 5.91 Å². The molecule has 6 heteroatoms. The molecule has 2 aromatic rings. The van der Waals surface area contributed by atoms with Crippen LogP contribution in [0.2, 0.25) is 0 Å². The second kappa shape index (κ2) is 6.21. The summed E-state index contributed by atoms with van der Waals surface area (Å²) in [6.07, 6.45) is 0.180. The zero-order valence-electron chi connectivity index (χ0n) is 12.1. The number of nitrogens with two attached hydrogens (primary N) is 1. The molecular formula is C15H18N4O2. The second-order valence-electron chi connectivity index (χ2n) is 4.82. The van der Waals surface area contributed by atoms with Gasteiger partial charge in [-0.1, -0.05) is 12.1 Å². The molecule has 21 heavy (non-hydrogen) atoms. The van der Waals surface area contributed by atoms with Crippen LogP contribution in [0, 0.1) is 13.8 Å². The van der Waals surface area contributed by atoms with E-state index in [2.05, 4.69) is 10.3 Å². The molecule has 1 aromatic heterocycles. The number of hydrogen-bond donors (Lipinski definition) is 2. The van der Waals surface area contributed by atoms with Crippen molar-refractivity contribution in [3.8, 4) is 0 Å². The lowest BCUT2D eigenvalue weighted by Crippen LogP contribution is -2.26. The van der Waals surface area contributed by atoms with Crippen LogP contribution in [0.25, 0.3) is 0 Å². The van der Waals surface area contributed by atoms with E-state index in [-0.39, 0.29) is 24.4 Å². The normalized spacial score (nSPS) is 10.4. The number of nitrogens with one attached hydrogen (secondary N) is 1. The van der Waals surface area contributed by atoms with Crippen LogP contribution in [0.4, 0.5) is 11.4 Å². The van der Waals surface area contributed by atoms with Crippen LogP contribution in [-0.4, -0.2) is 15.5 Å². The van der Waals surface area contributed by atoms with Gasteiger partial charge in [0.1, 0.15) is 5.82 Å². The molecule has 1 aromatic carbocycles. The van der Waals surface area contributed by atoms with Gasteiger partial charge in [0, 0.05) is 24.7 Å². The third-order valence-corrected chi connectivity index (χ3v) is 3.12. The Labute approximate surface area is 122 Å². The summed E-state index contributed by atoms with van der Waals surface area (Å²) in [7, 11) is 0. The van der Waals surface area contributed by atoms with E-state index in [9.17, 15) is 9.59 Å². The van der Waals surface area contributed by atoms with Crippen molar-refractivity contribution in [3.63, 3.8) is 0 Å². The maximum absolute atomic E-state index is 11.9. The zero-order chi connectivity index (χ0) is 15.4. The Morgan fingerprint density at radius 2 is 2.05 bits per heavy atom. The highest BCUT2D eigenvalue weighted by Gasteiger charge is 2.08. The van der Waals surface area contributed by atoms with Crippen molar-refractivity contribution in [2.45, 2.75) is 26.8 Å². The highest BCUT2D eigenvalue weighted by atomic mass is 16.1. The van der Waals surface area contributed by atoms with Gasteiger partial charge in [-0.3, -0.25) is 14.2 Å². The number of benzene rings is 1. The summed E-state index contributed by atoms with van der Waals surface area (Å²) >= 11 is 0. The van der Waals surface area contributed by atoms with Crippen LogP contribution in [0.5, 0.6) is 0 Å². The topological polar surface area (TPSA) is 90.0 Å². The Kier molecular flexibility index (Phi) is 4.37. The van der Waals surface area contributed by atoms with Crippen LogP contribution in [-0.2, 0) is 11.3 Å². The lowest BCUT2D eigenvalue weighted by molar-refractivity contribution is -0.116. The largest absolute Gasteiger partial charge is 0.397 e. The number of aryl methyl sites for hydroxylation is 2. The molecule has 0 aliphatic rings. The Bertz CT molecular complexity index is 722. The summed E-state index contributed by atoms with van der Waals surface area (Å²) in [6, 6.07) is 8.50. The Morgan fingerprint density at radius 1 is 1.33 bits per heavy atom. The van der Waals surface area contributed by atoms with Gasteiger partial charge in [-0.05, 0) is 26.0 Å². The third-order valence-electron chi connectivity index (χ3n) is 3.12. The average molecular weight is 286 g/mol. The highest BCUT2D eigenvalue weighted by Crippen LogP contribution is 2.16. The minimum absolute atomic E-state index is 0.146. The number of hydrogen-bond acceptors (Lipinski definition) is 4. The van der Waals surface area contributed by atoms with Gasteiger partial charge in [0.05, 0.1) is 11.4 Å². The first-order valence-electron chi connectivity index (χ1n) is 6.67. The van der Waals surface area contributed by atoms with Gasteiger partial charge in [-0.25, -0.2) is 4.98 Å². The number of rotatable bonds is 4. The average Bonchev–Trinajstić information content (AvgIpc) is 2.40. The van der Waals surface area contributed by atoms with E-state index in [4.69, 9.17) is 5.73 Å². The molecular weight excluding hydrogens is 268 g/mol. The maximum atomic E-state index is 11.9. The van der Waals surface area contributed by atoms with Crippen molar-refractivity contribution in [3.05, 3.63) is 52.2 Å². The number of carbonyl (C=O) groups excluding carboxylic acids is 1. The van der Waals surface area contributed by atoms with Crippen molar-refractivity contribution < 1.29 is 4.79 Å². The van der Waals surface area contributed by atoms with Crippen molar-refractivity contribution in [1.29, 1.82) is 0 Å². The summed E-state index contributed by atoms with van der Waals surface area (Å²) in [4.78, 5) is 28.0. The Hall–Kier alpha value is -2.63. The van der Waals surface area contributed by atoms with Crippen molar-refractivity contribution >= 4 is 17.3 Å². The van der Waals surface area contributed by atoms with Crippen LogP contribution in [0.15, 0.2) is 35.1 Å². The fourth-order valence-corrected chi connectivity index (χ4v) is 2.07. The summed E-state index contributed by atoms with van der Waals surface area (Å²) < 4.78 is 1.49. The van der Waals surface area contributed by atoms with E-state index < -0.39 is 0 Å². The number of anilines is 2. The molecule has 3 N–H and O–H groups in total. The predicted molar refractivity (Wildman–Crippen MR) is 82.1 cm³/mol. The summed E-state index contributed by atoms with van der Waals surface area (Å²) in [5.41, 5.74) is 7.38. The standard InChI is InChI=1S/C15H18N4O2/c1-10-9-15(21)19(11(2)17-10)8-7-14(20)18-13-6-4-3-5-12(13)16/h3-6,9H,7-8,16H2,1-2H3,(H,18,20). The zero-order valence-corrected chi connectivity index (χ0v) is 12.1. The minimum Gasteiger partial charge on any atom is -0.397 e. The molecule has 0 bridgehead atoms. The summed E-state index contributed by atoms with van der Waals surface area (Å²) in [6.45, 7) is 3.81. The molecule has 1 heterocycles. The molecule has 0 aliphatic heterocycles. The Balaban J connectivity index is 2.02. The van der Waals surface area contributed by atoms with Gasteiger partial charge in [-0.2, -0.15) is 0 Å². The number of amides is 1. The first kappa shape index (κ1) is 14.8. The van der Waals surface area contributed by atoms with E-state index >= 15 is 0 Å². The first-order chi connectivity index (χ1) is 9.97. The van der Waals surface area contributed by atoms with Crippen molar-refractivity contribution in [2.24, 2.45) is 0 Å². The highest BCUT2D eigenvalue weighted by molar-refractivity contribution is 5.93. The first-order valence-corrected chi connectivity index (χ1v) is 6.67. The van der Waals surface area contributed by atoms with Gasteiger partial charge < -0.3 is 11.1 Å². The lowest BCUT2D eigenvalue weighted by Gasteiger charge is -2.10. The monoisotopic (exact) mass is 286 g/mol. The number of aromatic nitrogens is 2. The molecule has 0 unspecified atom stereocenters. The summed E-state index contributed by atoms with van der Waals surface area (Å²) in [5, 5.41) is 2.73. The molecule has 110 valence electrons. The number of nitrogen functional groups attached to an aromatic ring is 1.